The highest BCUT2D eigenvalue weighted by molar-refractivity contribution is 7.18. The van der Waals surface area contributed by atoms with Crippen LogP contribution in [0.15, 0.2) is 24.3 Å². The standard InChI is InChI=1S/C13H16N2S/c1-8(2)10-4-6-11(7-5-10)12-9(3)15-13(14)16-12/h4-8H,1-3H3,(H2,14,15). The van der Waals surface area contributed by atoms with Crippen molar-refractivity contribution in [3.05, 3.63) is 35.5 Å². The number of hydrogen-bond acceptors (Lipinski definition) is 3. The maximum Gasteiger partial charge on any atom is 0.180 e. The van der Waals surface area contributed by atoms with Gasteiger partial charge in [0.25, 0.3) is 0 Å². The Bertz CT molecular complexity index is 483. The molecule has 0 fully saturated rings. The van der Waals surface area contributed by atoms with Crippen LogP contribution in [0.2, 0.25) is 0 Å². The summed E-state index contributed by atoms with van der Waals surface area (Å²) in [4.78, 5) is 5.42. The number of nitrogens with two attached hydrogens (primary N) is 1. The van der Waals surface area contributed by atoms with Crippen molar-refractivity contribution in [3.63, 3.8) is 0 Å². The number of rotatable bonds is 2. The molecule has 2 aromatic rings. The van der Waals surface area contributed by atoms with Gasteiger partial charge < -0.3 is 5.73 Å². The third kappa shape index (κ3) is 2.09. The molecule has 3 heteroatoms. The van der Waals surface area contributed by atoms with Crippen LogP contribution >= 0.6 is 11.3 Å². The Labute approximate surface area is 100 Å². The Balaban J connectivity index is 2.38. The van der Waals surface area contributed by atoms with E-state index >= 15 is 0 Å². The van der Waals surface area contributed by atoms with Crippen LogP contribution in [0.3, 0.4) is 0 Å². The van der Waals surface area contributed by atoms with Crippen molar-refractivity contribution in [3.8, 4) is 10.4 Å². The summed E-state index contributed by atoms with van der Waals surface area (Å²) in [6, 6.07) is 8.65. The quantitative estimate of drug-likeness (QED) is 0.854. The topological polar surface area (TPSA) is 38.9 Å². The molecular formula is C13H16N2S. The van der Waals surface area contributed by atoms with Gasteiger partial charge in [0.2, 0.25) is 0 Å². The molecule has 2 nitrogen and oxygen atoms in total. The first kappa shape index (κ1) is 11.1. The van der Waals surface area contributed by atoms with Crippen molar-refractivity contribution >= 4 is 16.5 Å². The second-order valence-corrected chi connectivity index (χ2v) is 5.27. The zero-order valence-electron chi connectivity index (χ0n) is 9.82. The number of anilines is 1. The summed E-state index contributed by atoms with van der Waals surface area (Å²) >= 11 is 1.55. The van der Waals surface area contributed by atoms with Crippen LogP contribution in [-0.4, -0.2) is 4.98 Å². The Morgan fingerprint density at radius 1 is 1.19 bits per heavy atom. The molecule has 0 saturated carbocycles. The number of benzene rings is 1. The molecule has 0 aliphatic heterocycles. The SMILES string of the molecule is Cc1nc(N)sc1-c1ccc(C(C)C)cc1. The van der Waals surface area contributed by atoms with Gasteiger partial charge >= 0.3 is 0 Å². The molecule has 0 aliphatic carbocycles. The highest BCUT2D eigenvalue weighted by Gasteiger charge is 2.08. The van der Waals surface area contributed by atoms with Crippen molar-refractivity contribution < 1.29 is 0 Å². The van der Waals surface area contributed by atoms with Gasteiger partial charge in [-0.05, 0) is 24.0 Å². The summed E-state index contributed by atoms with van der Waals surface area (Å²) < 4.78 is 0. The van der Waals surface area contributed by atoms with E-state index in [-0.39, 0.29) is 0 Å². The minimum atomic E-state index is 0.571. The fourth-order valence-corrected chi connectivity index (χ4v) is 2.54. The molecule has 0 aliphatic rings. The van der Waals surface area contributed by atoms with Gasteiger partial charge in [-0.25, -0.2) is 4.98 Å². The lowest BCUT2D eigenvalue weighted by Crippen LogP contribution is -1.86. The van der Waals surface area contributed by atoms with Gasteiger partial charge in [-0.3, -0.25) is 0 Å². The third-order valence-corrected chi connectivity index (χ3v) is 3.69. The van der Waals surface area contributed by atoms with E-state index in [0.717, 1.165) is 5.69 Å². The molecule has 0 radical (unpaired) electrons. The van der Waals surface area contributed by atoms with Crippen LogP contribution < -0.4 is 5.73 Å². The van der Waals surface area contributed by atoms with Crippen LogP contribution in [0, 0.1) is 6.92 Å². The smallest absolute Gasteiger partial charge is 0.180 e. The third-order valence-electron chi connectivity index (χ3n) is 2.65. The summed E-state index contributed by atoms with van der Waals surface area (Å²) in [5.74, 6) is 0.571. The van der Waals surface area contributed by atoms with E-state index in [9.17, 15) is 0 Å². The van der Waals surface area contributed by atoms with E-state index in [1.54, 1.807) is 11.3 Å². The summed E-state index contributed by atoms with van der Waals surface area (Å²) in [6.45, 7) is 6.40. The van der Waals surface area contributed by atoms with E-state index in [0.29, 0.717) is 11.0 Å². The minimum Gasteiger partial charge on any atom is -0.375 e. The van der Waals surface area contributed by atoms with Gasteiger partial charge in [0.1, 0.15) is 0 Å². The summed E-state index contributed by atoms with van der Waals surface area (Å²) in [7, 11) is 0. The number of nitrogens with zero attached hydrogens (tertiary/aromatic N) is 1. The van der Waals surface area contributed by atoms with Gasteiger partial charge in [0.05, 0.1) is 10.6 Å². The van der Waals surface area contributed by atoms with Gasteiger partial charge in [-0.15, -0.1) is 0 Å². The zero-order valence-corrected chi connectivity index (χ0v) is 10.6. The first-order chi connectivity index (χ1) is 7.58. The van der Waals surface area contributed by atoms with Crippen LogP contribution in [0.1, 0.15) is 31.0 Å². The summed E-state index contributed by atoms with van der Waals surface area (Å²) in [5.41, 5.74) is 9.28. The van der Waals surface area contributed by atoms with Crippen LogP contribution in [0.5, 0.6) is 0 Å². The lowest BCUT2D eigenvalue weighted by Gasteiger charge is -2.05. The van der Waals surface area contributed by atoms with E-state index in [1.165, 1.54) is 16.0 Å². The average molecular weight is 232 g/mol. The van der Waals surface area contributed by atoms with Crippen molar-refractivity contribution in [1.29, 1.82) is 0 Å². The second kappa shape index (κ2) is 4.26. The van der Waals surface area contributed by atoms with Crippen LogP contribution in [0.25, 0.3) is 10.4 Å². The van der Waals surface area contributed by atoms with E-state index in [1.807, 2.05) is 6.92 Å². The van der Waals surface area contributed by atoms with Gasteiger partial charge in [0, 0.05) is 0 Å². The average Bonchev–Trinajstić information content (AvgIpc) is 2.58. The Hall–Kier alpha value is -1.35. The Kier molecular flexibility index (Phi) is 2.97. The number of nitrogen functional groups attached to an aromatic ring is 1. The molecule has 0 atom stereocenters. The molecule has 0 unspecified atom stereocenters. The molecule has 0 bridgehead atoms. The predicted molar refractivity (Wildman–Crippen MR) is 70.8 cm³/mol. The highest BCUT2D eigenvalue weighted by atomic mass is 32.1. The van der Waals surface area contributed by atoms with E-state index in [4.69, 9.17) is 5.73 Å². The highest BCUT2D eigenvalue weighted by Crippen LogP contribution is 2.31. The minimum absolute atomic E-state index is 0.571. The van der Waals surface area contributed by atoms with Gasteiger partial charge in [-0.1, -0.05) is 49.4 Å². The van der Waals surface area contributed by atoms with Crippen LogP contribution in [0.4, 0.5) is 5.13 Å². The first-order valence-electron chi connectivity index (χ1n) is 5.41. The van der Waals surface area contributed by atoms with Crippen molar-refractivity contribution in [2.45, 2.75) is 26.7 Å². The number of hydrogen-bond donors (Lipinski definition) is 1. The molecule has 16 heavy (non-hydrogen) atoms. The second-order valence-electron chi connectivity index (χ2n) is 4.24. The molecular weight excluding hydrogens is 216 g/mol. The molecule has 2 N–H and O–H groups in total. The molecule has 84 valence electrons. The molecule has 0 spiro atoms. The molecule has 1 heterocycles. The fourth-order valence-electron chi connectivity index (χ4n) is 1.70. The molecule has 1 aromatic carbocycles. The van der Waals surface area contributed by atoms with Crippen molar-refractivity contribution in [2.75, 3.05) is 5.73 Å². The number of aryl methyl sites for hydroxylation is 1. The number of thiazole rings is 1. The molecule has 0 saturated heterocycles. The monoisotopic (exact) mass is 232 g/mol. The predicted octanol–water partition coefficient (Wildman–Crippen LogP) is 3.82. The van der Waals surface area contributed by atoms with E-state index in [2.05, 4.69) is 43.1 Å². The van der Waals surface area contributed by atoms with Crippen molar-refractivity contribution in [2.24, 2.45) is 0 Å². The molecule has 0 amide bonds. The Morgan fingerprint density at radius 2 is 1.81 bits per heavy atom. The largest absolute Gasteiger partial charge is 0.375 e. The zero-order chi connectivity index (χ0) is 11.7. The Morgan fingerprint density at radius 3 is 2.25 bits per heavy atom. The lowest BCUT2D eigenvalue weighted by molar-refractivity contribution is 0.867. The maximum atomic E-state index is 5.70. The van der Waals surface area contributed by atoms with E-state index < -0.39 is 0 Å². The fraction of sp³-hybridized carbons (Fsp3) is 0.308. The summed E-state index contributed by atoms with van der Waals surface area (Å²) in [6.07, 6.45) is 0. The maximum absolute atomic E-state index is 5.70. The number of aromatic nitrogens is 1. The van der Waals surface area contributed by atoms with Gasteiger partial charge in [-0.2, -0.15) is 0 Å². The molecule has 1 aromatic heterocycles. The van der Waals surface area contributed by atoms with Crippen LogP contribution in [-0.2, 0) is 0 Å². The normalized spacial score (nSPS) is 11.0. The lowest BCUT2D eigenvalue weighted by atomic mass is 10.0. The van der Waals surface area contributed by atoms with Crippen molar-refractivity contribution in [1.82, 2.24) is 4.98 Å². The molecule has 2 rings (SSSR count). The van der Waals surface area contributed by atoms with Gasteiger partial charge in [0.15, 0.2) is 5.13 Å². The first-order valence-corrected chi connectivity index (χ1v) is 6.23. The summed E-state index contributed by atoms with van der Waals surface area (Å²) in [5, 5.41) is 0.639.